The van der Waals surface area contributed by atoms with Gasteiger partial charge in [-0.1, -0.05) is 41.4 Å². The van der Waals surface area contributed by atoms with Crippen LogP contribution >= 0.6 is 23.2 Å². The number of hydrogen-bond acceptors (Lipinski definition) is 7. The van der Waals surface area contributed by atoms with Gasteiger partial charge in [0.05, 0.1) is 17.6 Å². The lowest BCUT2D eigenvalue weighted by Crippen LogP contribution is -2.24. The monoisotopic (exact) mass is 550 g/mol. The van der Waals surface area contributed by atoms with Gasteiger partial charge in [0.2, 0.25) is 0 Å². The second-order valence-corrected chi connectivity index (χ2v) is 8.87. The minimum absolute atomic E-state index is 0.00756. The molecule has 0 spiro atoms. The molecule has 3 aromatic carbocycles. The number of fused-ring (bicyclic) bond motifs is 3. The van der Waals surface area contributed by atoms with E-state index in [1.807, 2.05) is 0 Å². The highest BCUT2D eigenvalue weighted by Gasteiger charge is 2.23. The van der Waals surface area contributed by atoms with Gasteiger partial charge in [-0.25, -0.2) is 4.79 Å². The van der Waals surface area contributed by atoms with Crippen LogP contribution in [-0.4, -0.2) is 18.0 Å². The largest absolute Gasteiger partial charge is 0.619 e. The molecule has 0 amide bonds. The number of halogens is 2. The van der Waals surface area contributed by atoms with Crippen LogP contribution in [0.2, 0.25) is 10.0 Å². The van der Waals surface area contributed by atoms with Crippen LogP contribution in [0.25, 0.3) is 33.8 Å². The number of carbonyl (C=O) groups excluding carboxylic acids is 1. The van der Waals surface area contributed by atoms with Gasteiger partial charge in [0.15, 0.2) is 23.7 Å². The maximum atomic E-state index is 13.1. The molecule has 0 aliphatic rings. The van der Waals surface area contributed by atoms with Gasteiger partial charge in [-0.15, -0.1) is 0 Å². The first-order valence-electron chi connectivity index (χ1n) is 11.0. The third-order valence-corrected chi connectivity index (χ3v) is 6.35. The summed E-state index contributed by atoms with van der Waals surface area (Å²) >= 11 is 12.6. The molecule has 0 fully saturated rings. The molecule has 9 nitrogen and oxygen atoms in total. The summed E-state index contributed by atoms with van der Waals surface area (Å²) in [5.41, 5.74) is 1.32. The van der Waals surface area contributed by atoms with E-state index in [0.717, 1.165) is 12.4 Å². The summed E-state index contributed by atoms with van der Waals surface area (Å²) in [6.07, 6.45) is 3.63. The molecule has 0 radical (unpaired) electrons. The summed E-state index contributed by atoms with van der Waals surface area (Å²) in [5.74, 6) is -0.311. The number of aromatic nitrogens is 1. The topological polar surface area (TPSA) is 119 Å². The summed E-state index contributed by atoms with van der Waals surface area (Å²) in [6, 6.07) is 15.7. The number of non-ortho nitro benzene ring substituents is 1. The molecule has 5 rings (SSSR count). The minimum Gasteiger partial charge on any atom is -0.619 e. The van der Waals surface area contributed by atoms with Crippen molar-refractivity contribution in [3.05, 3.63) is 115 Å². The molecule has 0 bridgehead atoms. The van der Waals surface area contributed by atoms with Crippen LogP contribution in [0, 0.1) is 15.3 Å². The minimum atomic E-state index is -0.679. The van der Waals surface area contributed by atoms with E-state index in [1.54, 1.807) is 42.5 Å². The third kappa shape index (κ3) is 4.60. The highest BCUT2D eigenvalue weighted by Crippen LogP contribution is 2.42. The molecule has 0 saturated heterocycles. The Hall–Kier alpha value is -4.60. The fourth-order valence-electron chi connectivity index (χ4n) is 4.00. The predicted octanol–water partition coefficient (Wildman–Crippen LogP) is 6.80. The van der Waals surface area contributed by atoms with Gasteiger partial charge in [-0.3, -0.25) is 10.1 Å². The van der Waals surface area contributed by atoms with Crippen LogP contribution < -0.4 is 9.47 Å². The van der Waals surface area contributed by atoms with Crippen molar-refractivity contribution in [1.29, 1.82) is 0 Å². The molecule has 0 aliphatic carbocycles. The van der Waals surface area contributed by atoms with Gasteiger partial charge in [0.25, 0.3) is 5.69 Å². The molecule has 0 N–H and O–H groups in total. The number of pyridine rings is 1. The second kappa shape index (κ2) is 10.0. The summed E-state index contributed by atoms with van der Waals surface area (Å²) < 4.78 is 17.7. The van der Waals surface area contributed by atoms with Crippen molar-refractivity contribution in [3.63, 3.8) is 0 Å². The predicted molar refractivity (Wildman–Crippen MR) is 142 cm³/mol. The Morgan fingerprint density at radius 1 is 1.05 bits per heavy atom. The number of nitrogens with zero attached hydrogens (tertiary/aromatic N) is 2. The Bertz CT molecular complexity index is 1740. The Morgan fingerprint density at radius 3 is 2.42 bits per heavy atom. The molecule has 0 aliphatic heterocycles. The van der Waals surface area contributed by atoms with E-state index in [9.17, 15) is 20.1 Å². The maximum absolute atomic E-state index is 13.1. The first kappa shape index (κ1) is 25.1. The fourth-order valence-corrected chi connectivity index (χ4v) is 4.56. The molecule has 11 heteroatoms. The zero-order chi connectivity index (χ0) is 27.0. The van der Waals surface area contributed by atoms with E-state index in [4.69, 9.17) is 37.1 Å². The van der Waals surface area contributed by atoms with Crippen LogP contribution in [0.3, 0.4) is 0 Å². The van der Waals surface area contributed by atoms with Gasteiger partial charge >= 0.3 is 5.97 Å². The smallest absolute Gasteiger partial charge is 0.343 e. The highest BCUT2D eigenvalue weighted by molar-refractivity contribution is 6.37. The summed E-state index contributed by atoms with van der Waals surface area (Å²) in [5, 5.41) is 24.1. The van der Waals surface area contributed by atoms with Crippen molar-refractivity contribution in [1.82, 2.24) is 0 Å². The lowest BCUT2D eigenvalue weighted by atomic mass is 10.0. The van der Waals surface area contributed by atoms with Gasteiger partial charge in [0.1, 0.15) is 21.4 Å². The molecule has 0 unspecified atom stereocenters. The average Bonchev–Trinajstić information content (AvgIpc) is 3.29. The molecule has 0 atom stereocenters. The van der Waals surface area contributed by atoms with Gasteiger partial charge in [-0.05, 0) is 36.4 Å². The van der Waals surface area contributed by atoms with E-state index in [1.165, 1.54) is 31.4 Å². The molecule has 2 aromatic heterocycles. The number of methoxy groups -OCH3 is 1. The highest BCUT2D eigenvalue weighted by atomic mass is 35.5. The van der Waals surface area contributed by atoms with Gasteiger partial charge in [-0.2, -0.15) is 4.73 Å². The van der Waals surface area contributed by atoms with Crippen molar-refractivity contribution in [2.24, 2.45) is 0 Å². The SMILES string of the molecule is COc1ccc(C(=Cc2c(Cl)c[n+]([O-])cc2Cl)OC(=O)c2ccccc2)c2c1oc1ccc([N+](=O)[O-])cc12. The maximum Gasteiger partial charge on any atom is 0.343 e. The summed E-state index contributed by atoms with van der Waals surface area (Å²) in [6.45, 7) is 0. The Labute approximate surface area is 224 Å². The van der Waals surface area contributed by atoms with Crippen molar-refractivity contribution < 1.29 is 28.3 Å². The first-order valence-corrected chi connectivity index (χ1v) is 11.8. The van der Waals surface area contributed by atoms with Crippen molar-refractivity contribution in [2.45, 2.75) is 0 Å². The molecule has 2 heterocycles. The number of hydrogen-bond donors (Lipinski definition) is 0. The zero-order valence-corrected chi connectivity index (χ0v) is 21.0. The quantitative estimate of drug-likeness (QED) is 0.0569. The van der Waals surface area contributed by atoms with E-state index >= 15 is 0 Å². The number of nitro groups is 1. The second-order valence-electron chi connectivity index (χ2n) is 8.05. The molecule has 190 valence electrons. The van der Waals surface area contributed by atoms with E-state index in [2.05, 4.69) is 0 Å². The van der Waals surface area contributed by atoms with Gasteiger partial charge < -0.3 is 19.1 Å². The molecule has 38 heavy (non-hydrogen) atoms. The number of benzene rings is 3. The summed E-state index contributed by atoms with van der Waals surface area (Å²) in [7, 11) is 1.46. The first-order chi connectivity index (χ1) is 18.3. The fraction of sp³-hybridized carbons (Fsp3) is 0.0370. The van der Waals surface area contributed by atoms with Gasteiger partial charge in [0, 0.05) is 34.0 Å². The van der Waals surface area contributed by atoms with E-state index in [-0.39, 0.29) is 38.2 Å². The Kier molecular flexibility index (Phi) is 6.62. The number of furan rings is 1. The van der Waals surface area contributed by atoms with Crippen molar-refractivity contribution in [2.75, 3.05) is 7.11 Å². The number of rotatable bonds is 6. The van der Waals surface area contributed by atoms with E-state index in [0.29, 0.717) is 32.4 Å². The van der Waals surface area contributed by atoms with Crippen molar-refractivity contribution in [3.8, 4) is 5.75 Å². The van der Waals surface area contributed by atoms with Crippen LogP contribution in [0.1, 0.15) is 21.5 Å². The summed E-state index contributed by atoms with van der Waals surface area (Å²) in [4.78, 5) is 24.1. The Morgan fingerprint density at radius 2 is 1.76 bits per heavy atom. The van der Waals surface area contributed by atoms with Crippen LogP contribution in [-0.2, 0) is 4.74 Å². The lowest BCUT2D eigenvalue weighted by Gasteiger charge is -2.13. The number of ether oxygens (including phenoxy) is 2. The molecule has 0 saturated carbocycles. The molecular formula is C27H16Cl2N2O7. The third-order valence-electron chi connectivity index (χ3n) is 5.75. The average molecular weight is 551 g/mol. The number of nitro benzene ring substituents is 1. The van der Waals surface area contributed by atoms with Crippen LogP contribution in [0.15, 0.2) is 77.5 Å². The lowest BCUT2D eigenvalue weighted by molar-refractivity contribution is -0.605. The van der Waals surface area contributed by atoms with Crippen molar-refractivity contribution >= 4 is 68.6 Å². The number of esters is 1. The zero-order valence-electron chi connectivity index (χ0n) is 19.5. The Balaban J connectivity index is 1.81. The van der Waals surface area contributed by atoms with Crippen LogP contribution in [0.5, 0.6) is 5.75 Å². The van der Waals surface area contributed by atoms with E-state index < -0.39 is 10.9 Å². The molecular weight excluding hydrogens is 535 g/mol. The standard InChI is InChI=1S/C27H16Cl2N2O7/c1-36-23-10-8-17(25-19-11-16(31(34)35)7-9-22(19)37-26(23)25)24(38-27(32)15-5-3-2-4-6-15)12-18-20(28)13-30(33)14-21(18)29/h2-14H,1H3. The van der Waals surface area contributed by atoms with Crippen LogP contribution in [0.4, 0.5) is 5.69 Å². The molecule has 5 aromatic rings. The normalized spacial score (nSPS) is 11.6. The number of carbonyl (C=O) groups is 1.